The summed E-state index contributed by atoms with van der Waals surface area (Å²) in [5.41, 5.74) is 0. The van der Waals surface area contributed by atoms with E-state index in [1.165, 1.54) is 12.8 Å². The molecule has 0 aliphatic carbocycles. The first-order valence-corrected chi connectivity index (χ1v) is 6.62. The van der Waals surface area contributed by atoms with E-state index >= 15 is 0 Å². The van der Waals surface area contributed by atoms with Crippen LogP contribution >= 0.6 is 31.9 Å². The number of alkyl halides is 2. The van der Waals surface area contributed by atoms with Gasteiger partial charge in [-0.25, -0.2) is 0 Å². The first-order valence-electron chi connectivity index (χ1n) is 4.58. The molecular weight excluding hydrogens is 300 g/mol. The molecule has 0 saturated heterocycles. The van der Waals surface area contributed by atoms with E-state index in [9.17, 15) is 4.79 Å². The molecule has 0 fully saturated rings. The van der Waals surface area contributed by atoms with Crippen LogP contribution in [0.2, 0.25) is 0 Å². The maximum atomic E-state index is 10.2. The normalized spacial score (nSPS) is 12.8. The van der Waals surface area contributed by atoms with Crippen LogP contribution < -0.4 is 0 Å². The largest absolute Gasteiger partial charge is 0.481 e. The summed E-state index contributed by atoms with van der Waals surface area (Å²) in [6.07, 6.45) is 5.66. The van der Waals surface area contributed by atoms with E-state index in [1.54, 1.807) is 0 Å². The Morgan fingerprint density at radius 3 is 2.38 bits per heavy atom. The van der Waals surface area contributed by atoms with E-state index in [2.05, 4.69) is 31.9 Å². The lowest BCUT2D eigenvalue weighted by atomic mass is 10.1. The zero-order valence-electron chi connectivity index (χ0n) is 7.64. The molecule has 0 aromatic carbocycles. The first-order chi connectivity index (χ1) is 6.16. The van der Waals surface area contributed by atoms with Crippen molar-refractivity contribution in [3.05, 3.63) is 0 Å². The Bertz CT molecular complexity index is 140. The third-order valence-corrected chi connectivity index (χ3v) is 4.26. The standard InChI is InChI=1S/C9H16Br2O2/c10-7-8(11)5-3-1-2-4-6-9(12)13/h8H,1-7H2,(H,12,13). The molecule has 0 spiro atoms. The Labute approximate surface area is 96.3 Å². The number of carbonyl (C=O) groups is 1. The summed E-state index contributed by atoms with van der Waals surface area (Å²) in [7, 11) is 0. The Morgan fingerprint density at radius 2 is 1.85 bits per heavy atom. The van der Waals surface area contributed by atoms with Crippen LogP contribution in [0.1, 0.15) is 38.5 Å². The minimum absolute atomic E-state index is 0.316. The number of aliphatic carboxylic acids is 1. The average Bonchev–Trinajstić information content (AvgIpc) is 2.10. The molecule has 0 saturated carbocycles. The Morgan fingerprint density at radius 1 is 1.23 bits per heavy atom. The molecule has 0 aliphatic heterocycles. The predicted molar refractivity (Wildman–Crippen MR) is 61.8 cm³/mol. The van der Waals surface area contributed by atoms with Gasteiger partial charge in [0.2, 0.25) is 0 Å². The lowest BCUT2D eigenvalue weighted by molar-refractivity contribution is -0.137. The van der Waals surface area contributed by atoms with E-state index in [0.717, 1.165) is 24.6 Å². The van der Waals surface area contributed by atoms with Gasteiger partial charge in [-0.2, -0.15) is 0 Å². The Kier molecular flexibility index (Phi) is 9.30. The smallest absolute Gasteiger partial charge is 0.303 e. The van der Waals surface area contributed by atoms with Crippen LogP contribution in [0.25, 0.3) is 0 Å². The molecule has 78 valence electrons. The molecular formula is C9H16Br2O2. The van der Waals surface area contributed by atoms with Crippen molar-refractivity contribution in [1.82, 2.24) is 0 Å². The number of hydrogen-bond acceptors (Lipinski definition) is 1. The fourth-order valence-electron chi connectivity index (χ4n) is 1.07. The van der Waals surface area contributed by atoms with Gasteiger partial charge in [0.15, 0.2) is 0 Å². The summed E-state index contributed by atoms with van der Waals surface area (Å²) in [4.78, 5) is 10.7. The number of carboxylic acid groups (broad SMARTS) is 1. The molecule has 1 unspecified atom stereocenters. The van der Waals surface area contributed by atoms with Crippen molar-refractivity contribution in [3.63, 3.8) is 0 Å². The van der Waals surface area contributed by atoms with Crippen molar-refractivity contribution in [2.75, 3.05) is 5.33 Å². The van der Waals surface area contributed by atoms with Crippen molar-refractivity contribution in [1.29, 1.82) is 0 Å². The zero-order chi connectivity index (χ0) is 10.1. The fraction of sp³-hybridized carbons (Fsp3) is 0.889. The number of halogens is 2. The van der Waals surface area contributed by atoms with Gasteiger partial charge in [0.05, 0.1) is 0 Å². The van der Waals surface area contributed by atoms with Crippen molar-refractivity contribution < 1.29 is 9.90 Å². The highest BCUT2D eigenvalue weighted by Crippen LogP contribution is 2.14. The zero-order valence-corrected chi connectivity index (χ0v) is 10.8. The number of rotatable bonds is 8. The van der Waals surface area contributed by atoms with Crippen LogP contribution in [0, 0.1) is 0 Å². The molecule has 0 aromatic heterocycles. The SMILES string of the molecule is O=C(O)CCCCCCC(Br)CBr. The molecule has 0 bridgehead atoms. The van der Waals surface area contributed by atoms with Gasteiger partial charge in [-0.05, 0) is 12.8 Å². The summed E-state index contributed by atoms with van der Waals surface area (Å²) >= 11 is 6.92. The van der Waals surface area contributed by atoms with Crippen LogP contribution in [-0.4, -0.2) is 21.2 Å². The highest BCUT2D eigenvalue weighted by atomic mass is 79.9. The van der Waals surface area contributed by atoms with E-state index in [0.29, 0.717) is 11.2 Å². The second-order valence-corrected chi connectivity index (χ2v) is 5.04. The first kappa shape index (κ1) is 13.4. The van der Waals surface area contributed by atoms with Gasteiger partial charge in [-0.15, -0.1) is 0 Å². The summed E-state index contributed by atoms with van der Waals surface area (Å²) in [5.74, 6) is -0.682. The molecule has 13 heavy (non-hydrogen) atoms. The monoisotopic (exact) mass is 314 g/mol. The topological polar surface area (TPSA) is 37.3 Å². The molecule has 0 amide bonds. The van der Waals surface area contributed by atoms with Gasteiger partial charge in [-0.1, -0.05) is 51.1 Å². The van der Waals surface area contributed by atoms with Gasteiger partial charge in [0, 0.05) is 16.6 Å². The maximum Gasteiger partial charge on any atom is 0.303 e. The van der Waals surface area contributed by atoms with E-state index < -0.39 is 5.97 Å². The second-order valence-electron chi connectivity index (χ2n) is 3.10. The predicted octanol–water partition coefficient (Wildman–Crippen LogP) is 3.57. The van der Waals surface area contributed by atoms with Gasteiger partial charge >= 0.3 is 5.97 Å². The molecule has 0 rings (SSSR count). The minimum atomic E-state index is -0.682. The summed E-state index contributed by atoms with van der Waals surface area (Å²) < 4.78 is 0. The molecule has 1 N–H and O–H groups in total. The molecule has 0 radical (unpaired) electrons. The van der Waals surface area contributed by atoms with Crippen LogP contribution in [0.4, 0.5) is 0 Å². The Hall–Kier alpha value is 0.430. The summed E-state index contributed by atoms with van der Waals surface area (Å²) in [5, 5.41) is 9.37. The van der Waals surface area contributed by atoms with Gasteiger partial charge in [0.25, 0.3) is 0 Å². The quantitative estimate of drug-likeness (QED) is 0.549. The highest BCUT2D eigenvalue weighted by molar-refractivity contribution is 9.12. The molecule has 0 aromatic rings. The third-order valence-electron chi connectivity index (χ3n) is 1.83. The maximum absolute atomic E-state index is 10.2. The lowest BCUT2D eigenvalue weighted by Crippen LogP contribution is -1.98. The van der Waals surface area contributed by atoms with Crippen molar-refractivity contribution in [3.8, 4) is 0 Å². The average molecular weight is 316 g/mol. The van der Waals surface area contributed by atoms with Gasteiger partial charge < -0.3 is 5.11 Å². The van der Waals surface area contributed by atoms with Crippen LogP contribution in [-0.2, 0) is 4.79 Å². The number of carboxylic acids is 1. The van der Waals surface area contributed by atoms with Crippen LogP contribution in [0.5, 0.6) is 0 Å². The van der Waals surface area contributed by atoms with E-state index in [1.807, 2.05) is 0 Å². The molecule has 2 nitrogen and oxygen atoms in total. The van der Waals surface area contributed by atoms with Gasteiger partial charge in [0.1, 0.15) is 0 Å². The van der Waals surface area contributed by atoms with Gasteiger partial charge in [-0.3, -0.25) is 4.79 Å². The summed E-state index contributed by atoms with van der Waals surface area (Å²) in [6.45, 7) is 0. The van der Waals surface area contributed by atoms with Crippen molar-refractivity contribution in [2.24, 2.45) is 0 Å². The Balaban J connectivity index is 3.04. The number of hydrogen-bond donors (Lipinski definition) is 1. The molecule has 0 heterocycles. The molecule has 1 atom stereocenters. The van der Waals surface area contributed by atoms with E-state index in [-0.39, 0.29) is 0 Å². The van der Waals surface area contributed by atoms with Crippen LogP contribution in [0.15, 0.2) is 0 Å². The second kappa shape index (κ2) is 9.00. The fourth-order valence-corrected chi connectivity index (χ4v) is 1.72. The molecule has 4 heteroatoms. The minimum Gasteiger partial charge on any atom is -0.481 e. The third kappa shape index (κ3) is 10.4. The van der Waals surface area contributed by atoms with Crippen molar-refractivity contribution >= 4 is 37.8 Å². The summed E-state index contributed by atoms with van der Waals surface area (Å²) in [6, 6.07) is 0. The van der Waals surface area contributed by atoms with E-state index in [4.69, 9.17) is 5.11 Å². The number of unbranched alkanes of at least 4 members (excludes halogenated alkanes) is 3. The molecule has 0 aliphatic rings. The van der Waals surface area contributed by atoms with Crippen molar-refractivity contribution in [2.45, 2.75) is 43.4 Å². The van der Waals surface area contributed by atoms with Crippen LogP contribution in [0.3, 0.4) is 0 Å². The highest BCUT2D eigenvalue weighted by Gasteiger charge is 2.01. The lowest BCUT2D eigenvalue weighted by Gasteiger charge is -2.04.